The van der Waals surface area contributed by atoms with Crippen molar-refractivity contribution in [2.24, 2.45) is 10.7 Å². The van der Waals surface area contributed by atoms with Crippen molar-refractivity contribution in [3.8, 4) is 0 Å². The lowest BCUT2D eigenvalue weighted by molar-refractivity contribution is 0.101. The highest BCUT2D eigenvalue weighted by atomic mass is 79.9. The average molecular weight is 1210 g/mol. The number of hydrogen-bond acceptors (Lipinski definition) is 12. The maximum atomic E-state index is 13.5. The molecule has 2 saturated heterocycles. The second-order valence-electron chi connectivity index (χ2n) is 16.4. The standard InChI is InChI=1S/C23H24F3N5OS.C17H27N5S2.C8H4BrF3O.BrH.H3P/c1-13(2)30-7-9-31(10-8-30)16-5-3-15(4-6-16)28-23-29-22(27)21(33-23)20(32)14-11-17(24)19(26)18(25)12-14;1-4-24-16(18)20-17(23)19-14-5-7-15(8-6-14)22-11-9-21(10-12-22)13(2)3;9-3-7(13)4-1-5(10)8(12)6(11)2-4;;/h3-6,11-13H,7-10,27H2,1-2H3,(H,28,29);5-8,13H,4,9-12H2,1-3H3,(H3,18,19,20,23);1-2H,3H2;1H;1H3. The molecule has 2 aliphatic heterocycles. The number of ketones is 2. The third kappa shape index (κ3) is 17.7. The number of halogens is 8. The number of thiazole rings is 1. The highest BCUT2D eigenvalue weighted by Crippen LogP contribution is 2.31. The molecule has 0 bridgehead atoms. The number of aliphatic imine (C=N–C) groups is 1. The van der Waals surface area contributed by atoms with E-state index in [9.17, 15) is 35.9 Å². The Kier molecular flexibility index (Phi) is 25.4. The first-order valence-electron chi connectivity index (χ1n) is 22.2. The predicted octanol–water partition coefficient (Wildman–Crippen LogP) is 10.9. The maximum absolute atomic E-state index is 13.5. The summed E-state index contributed by atoms with van der Waals surface area (Å²) in [4.78, 5) is 41.6. The number of alkyl halides is 1. The van der Waals surface area contributed by atoms with Crippen molar-refractivity contribution in [3.63, 3.8) is 0 Å². The number of aromatic nitrogens is 1. The zero-order chi connectivity index (χ0) is 51.2. The predicted molar refractivity (Wildman–Crippen MR) is 302 cm³/mol. The number of thioether (sulfide) groups is 1. The molecular formula is C48H59Br2F6N10O2PS3. The van der Waals surface area contributed by atoms with Crippen LogP contribution >= 0.6 is 78.1 Å². The molecule has 2 aliphatic rings. The van der Waals surface area contributed by atoms with Crippen molar-refractivity contribution in [2.75, 3.05) is 89.6 Å². The lowest BCUT2D eigenvalue weighted by Crippen LogP contribution is -2.48. The molecule has 12 nitrogen and oxygen atoms in total. The van der Waals surface area contributed by atoms with Gasteiger partial charge < -0.3 is 31.9 Å². The first-order chi connectivity index (χ1) is 33.3. The molecule has 1 atom stereocenters. The molecule has 4 aromatic carbocycles. The van der Waals surface area contributed by atoms with Crippen LogP contribution in [-0.4, -0.2) is 112 Å². The van der Waals surface area contributed by atoms with E-state index in [4.69, 9.17) is 23.7 Å². The van der Waals surface area contributed by atoms with Crippen molar-refractivity contribution in [3.05, 3.63) is 124 Å². The van der Waals surface area contributed by atoms with Gasteiger partial charge in [0.1, 0.15) is 10.7 Å². The molecule has 3 heterocycles. The summed E-state index contributed by atoms with van der Waals surface area (Å²) >= 11 is 10.5. The number of benzene rings is 4. The van der Waals surface area contributed by atoms with Gasteiger partial charge in [0.15, 0.2) is 56.1 Å². The fourth-order valence-electron chi connectivity index (χ4n) is 7.22. The first-order valence-corrected chi connectivity index (χ1v) is 25.5. The number of piperazine rings is 2. The van der Waals surface area contributed by atoms with Crippen LogP contribution in [0.3, 0.4) is 0 Å². The van der Waals surface area contributed by atoms with E-state index in [1.165, 1.54) is 17.4 Å². The lowest BCUT2D eigenvalue weighted by atomic mass is 10.1. The number of amidine groups is 1. The summed E-state index contributed by atoms with van der Waals surface area (Å²) < 4.78 is 77.7. The summed E-state index contributed by atoms with van der Waals surface area (Å²) in [5, 5.41) is 7.39. The number of nitrogens with zero attached hydrogens (tertiary/aromatic N) is 6. The molecule has 2 fully saturated rings. The minimum Gasteiger partial charge on any atom is -0.382 e. The van der Waals surface area contributed by atoms with Crippen LogP contribution in [-0.2, 0) is 0 Å². The van der Waals surface area contributed by atoms with Crippen LogP contribution in [0.5, 0.6) is 0 Å². The number of nitrogens with one attached hydrogen (secondary N) is 2. The van der Waals surface area contributed by atoms with Crippen LogP contribution in [0.15, 0.2) is 77.8 Å². The van der Waals surface area contributed by atoms with Crippen molar-refractivity contribution < 1.29 is 35.9 Å². The molecule has 1 unspecified atom stereocenters. The third-order valence-electron chi connectivity index (χ3n) is 11.1. The first kappa shape index (κ1) is 61.9. The van der Waals surface area contributed by atoms with E-state index >= 15 is 0 Å². The Morgan fingerprint density at radius 1 is 0.750 bits per heavy atom. The molecule has 0 amide bonds. The fraction of sp³-hybridized carbons (Fsp3) is 0.354. The smallest absolute Gasteiger partial charge is 0.207 e. The van der Waals surface area contributed by atoms with Gasteiger partial charge in [-0.25, -0.2) is 31.3 Å². The Morgan fingerprint density at radius 2 is 1.17 bits per heavy atom. The number of carbonyl (C=O) groups excluding carboxylic acids is 2. The van der Waals surface area contributed by atoms with Gasteiger partial charge in [-0.15, -0.1) is 17.0 Å². The summed E-state index contributed by atoms with van der Waals surface area (Å²) in [7, 11) is 0. The van der Waals surface area contributed by atoms with Gasteiger partial charge in [-0.1, -0.05) is 46.0 Å². The monoisotopic (exact) mass is 1210 g/mol. The van der Waals surface area contributed by atoms with E-state index in [0.717, 1.165) is 86.5 Å². The van der Waals surface area contributed by atoms with Gasteiger partial charge in [0.05, 0.1) is 5.33 Å². The number of nitrogen functional groups attached to an aromatic ring is 1. The van der Waals surface area contributed by atoms with E-state index in [2.05, 4.69) is 96.0 Å². The molecule has 24 heteroatoms. The van der Waals surface area contributed by atoms with Gasteiger partial charge in [0, 0.05) is 98.3 Å². The highest BCUT2D eigenvalue weighted by Gasteiger charge is 2.23. The topological polar surface area (TPSA) is 148 Å². The minimum atomic E-state index is -1.63. The molecule has 0 saturated carbocycles. The Morgan fingerprint density at radius 3 is 1.57 bits per heavy atom. The number of Topliss-reactive ketones (excluding diaryl/α,β-unsaturated/α-hetero) is 1. The van der Waals surface area contributed by atoms with Crippen LogP contribution < -0.4 is 31.9 Å². The molecule has 0 aliphatic carbocycles. The van der Waals surface area contributed by atoms with Gasteiger partial charge in [-0.3, -0.25) is 19.4 Å². The lowest BCUT2D eigenvalue weighted by Gasteiger charge is -2.38. The maximum Gasteiger partial charge on any atom is 0.207 e. The Bertz CT molecular complexity index is 2580. The summed E-state index contributed by atoms with van der Waals surface area (Å²) in [5.74, 6) is -9.20. The van der Waals surface area contributed by atoms with Crippen LogP contribution in [0.2, 0.25) is 0 Å². The van der Waals surface area contributed by atoms with E-state index < -0.39 is 46.5 Å². The average Bonchev–Trinajstić information content (AvgIpc) is 3.71. The largest absolute Gasteiger partial charge is 0.382 e. The summed E-state index contributed by atoms with van der Waals surface area (Å²) in [6.07, 6.45) is 0. The molecular weight excluding hydrogens is 1150 g/mol. The Labute approximate surface area is 452 Å². The van der Waals surface area contributed by atoms with E-state index in [1.807, 2.05) is 43.3 Å². The van der Waals surface area contributed by atoms with Gasteiger partial charge in [-0.05, 0) is 118 Å². The zero-order valence-electron chi connectivity index (χ0n) is 40.3. The third-order valence-corrected chi connectivity index (χ3v) is 13.5. The SMILES string of the molecule is Br.CC(C)N1CCN(c2ccc(Nc3nc(N)c(C(=O)c4cc(F)c(F)c(F)c4)s3)cc2)CC1.CCSC(N)=NC(=S)Nc1ccc(N2CCN(C(C)C)CC2)cc1.O=C(CBr)c1cc(F)c(F)c(F)c1.P. The van der Waals surface area contributed by atoms with Gasteiger partial charge in [-0.2, -0.15) is 14.9 Å². The quantitative estimate of drug-likeness (QED) is 0.0137. The Hall–Kier alpha value is -4.35. The van der Waals surface area contributed by atoms with Crippen molar-refractivity contribution >= 4 is 134 Å². The molecule has 0 spiro atoms. The van der Waals surface area contributed by atoms with Gasteiger partial charge >= 0.3 is 0 Å². The van der Waals surface area contributed by atoms with Crippen molar-refractivity contribution in [2.45, 2.75) is 46.7 Å². The van der Waals surface area contributed by atoms with E-state index in [0.29, 0.717) is 51.8 Å². The minimum absolute atomic E-state index is 0. The molecule has 6 N–H and O–H groups in total. The molecule has 0 radical (unpaired) electrons. The van der Waals surface area contributed by atoms with Crippen LogP contribution in [0, 0.1) is 34.9 Å². The molecule has 392 valence electrons. The second kappa shape index (κ2) is 29.5. The van der Waals surface area contributed by atoms with E-state index in [-0.39, 0.29) is 54.0 Å². The summed E-state index contributed by atoms with van der Waals surface area (Å²) in [5.41, 5.74) is 15.2. The zero-order valence-corrected chi connectivity index (χ0v) is 47.5. The fourth-order valence-corrected chi connectivity index (χ4v) is 9.14. The van der Waals surface area contributed by atoms with Crippen molar-refractivity contribution in [1.29, 1.82) is 0 Å². The number of hydrogen-bond donors (Lipinski definition) is 4. The summed E-state index contributed by atoms with van der Waals surface area (Å²) in [6.45, 7) is 19.3. The molecule has 1 aromatic heterocycles. The molecule has 7 rings (SSSR count). The van der Waals surface area contributed by atoms with Crippen LogP contribution in [0.4, 0.5) is 60.0 Å². The van der Waals surface area contributed by atoms with Crippen LogP contribution in [0.1, 0.15) is 60.2 Å². The van der Waals surface area contributed by atoms with Gasteiger partial charge in [0.2, 0.25) is 5.78 Å². The van der Waals surface area contributed by atoms with E-state index in [1.54, 1.807) is 0 Å². The molecule has 72 heavy (non-hydrogen) atoms. The number of thiocarbonyl (C=S) groups is 1. The normalized spacial score (nSPS) is 14.1. The van der Waals surface area contributed by atoms with Crippen LogP contribution in [0.25, 0.3) is 0 Å². The number of anilines is 6. The van der Waals surface area contributed by atoms with Crippen molar-refractivity contribution in [1.82, 2.24) is 14.8 Å². The number of carbonyl (C=O) groups is 2. The highest BCUT2D eigenvalue weighted by molar-refractivity contribution is 9.09. The van der Waals surface area contributed by atoms with Gasteiger partial charge in [0.25, 0.3) is 0 Å². The number of nitrogens with two attached hydrogens (primary N) is 2. The molecule has 5 aromatic rings. The Balaban J connectivity index is 0.000000308. The number of rotatable bonds is 12. The summed E-state index contributed by atoms with van der Waals surface area (Å²) in [6, 6.07) is 20.0. The second-order valence-corrected chi connectivity index (χ2v) is 19.6.